The van der Waals surface area contributed by atoms with E-state index in [1.54, 1.807) is 0 Å². The molecule has 1 aliphatic heterocycles. The number of aromatic nitrogens is 3. The van der Waals surface area contributed by atoms with Crippen LogP contribution in [-0.4, -0.2) is 51.2 Å². The summed E-state index contributed by atoms with van der Waals surface area (Å²) in [5.41, 5.74) is 0.766. The van der Waals surface area contributed by atoms with Gasteiger partial charge in [-0.15, -0.1) is 10.2 Å². The van der Waals surface area contributed by atoms with E-state index in [9.17, 15) is 4.79 Å². The van der Waals surface area contributed by atoms with Gasteiger partial charge in [-0.25, -0.2) is 0 Å². The molecule has 2 aromatic rings. The fourth-order valence-corrected chi connectivity index (χ4v) is 3.43. The van der Waals surface area contributed by atoms with Crippen LogP contribution in [0.4, 0.5) is 0 Å². The molecular weight excluding hydrogens is 316 g/mol. The summed E-state index contributed by atoms with van der Waals surface area (Å²) < 4.78 is 7.76. The molecule has 0 spiro atoms. The Balaban J connectivity index is 1.45. The monoisotopic (exact) mass is 340 g/mol. The number of hydrogen-bond donors (Lipinski definition) is 0. The molecule has 4 rings (SSSR count). The van der Waals surface area contributed by atoms with Crippen molar-refractivity contribution in [2.45, 2.75) is 37.8 Å². The quantitative estimate of drug-likeness (QED) is 0.754. The number of ketones is 1. The summed E-state index contributed by atoms with van der Waals surface area (Å²) in [4.78, 5) is 14.9. The topological polar surface area (TPSA) is 60.2 Å². The zero-order valence-electron chi connectivity index (χ0n) is 14.6. The number of Topliss-reactive ketones (excluding diaryl/α,β-unsaturated/α-hetero) is 1. The van der Waals surface area contributed by atoms with E-state index in [-0.39, 0.29) is 11.8 Å². The highest BCUT2D eigenvalue weighted by Gasteiger charge is 2.31. The van der Waals surface area contributed by atoms with Crippen molar-refractivity contribution in [1.29, 1.82) is 0 Å². The Kier molecular flexibility index (Phi) is 4.63. The molecule has 1 atom stereocenters. The molecule has 1 aromatic heterocycles. The Labute approximate surface area is 147 Å². The number of carbonyl (C=O) groups excluding carboxylic acids is 1. The molecule has 1 aliphatic carbocycles. The average molecular weight is 340 g/mol. The summed E-state index contributed by atoms with van der Waals surface area (Å²) in [5.74, 6) is 2.82. The first-order chi connectivity index (χ1) is 12.2. The van der Waals surface area contributed by atoms with Gasteiger partial charge in [-0.2, -0.15) is 0 Å². The lowest BCUT2D eigenvalue weighted by atomic mass is 10.0. The van der Waals surface area contributed by atoms with E-state index in [4.69, 9.17) is 4.74 Å². The molecule has 0 amide bonds. The molecule has 6 nitrogen and oxygen atoms in total. The SMILES string of the molecule is Cn1c(CN2CCOC[C@H]2CC(=O)c2ccccc2)nnc1C1CC1. The van der Waals surface area contributed by atoms with E-state index < -0.39 is 0 Å². The molecule has 1 saturated carbocycles. The largest absolute Gasteiger partial charge is 0.378 e. The van der Waals surface area contributed by atoms with Gasteiger partial charge < -0.3 is 9.30 Å². The summed E-state index contributed by atoms with van der Waals surface area (Å²) in [7, 11) is 2.05. The lowest BCUT2D eigenvalue weighted by Gasteiger charge is -2.34. The van der Waals surface area contributed by atoms with Gasteiger partial charge in [0.25, 0.3) is 0 Å². The Morgan fingerprint density at radius 3 is 2.80 bits per heavy atom. The minimum Gasteiger partial charge on any atom is -0.378 e. The number of rotatable bonds is 6. The zero-order chi connectivity index (χ0) is 17.2. The maximum absolute atomic E-state index is 12.6. The van der Waals surface area contributed by atoms with Crippen LogP contribution >= 0.6 is 0 Å². The van der Waals surface area contributed by atoms with Crippen molar-refractivity contribution >= 4 is 5.78 Å². The maximum Gasteiger partial charge on any atom is 0.164 e. The van der Waals surface area contributed by atoms with Crippen molar-refractivity contribution < 1.29 is 9.53 Å². The number of benzene rings is 1. The van der Waals surface area contributed by atoms with Gasteiger partial charge in [0.2, 0.25) is 0 Å². The van der Waals surface area contributed by atoms with Crippen LogP contribution in [0, 0.1) is 0 Å². The third kappa shape index (κ3) is 3.65. The molecule has 6 heteroatoms. The standard InChI is InChI=1S/C19H24N4O2/c1-22-18(20-21-19(22)15-7-8-15)12-23-9-10-25-13-16(23)11-17(24)14-5-3-2-4-6-14/h2-6,15-16H,7-13H2,1H3/t16-/m1/s1. The van der Waals surface area contributed by atoms with Gasteiger partial charge in [0.05, 0.1) is 19.8 Å². The lowest BCUT2D eigenvalue weighted by molar-refractivity contribution is -0.0140. The van der Waals surface area contributed by atoms with Crippen molar-refractivity contribution in [2.24, 2.45) is 7.05 Å². The highest BCUT2D eigenvalue weighted by atomic mass is 16.5. The van der Waals surface area contributed by atoms with Gasteiger partial charge in [0.1, 0.15) is 11.6 Å². The van der Waals surface area contributed by atoms with E-state index in [2.05, 4.69) is 19.7 Å². The van der Waals surface area contributed by atoms with E-state index in [0.29, 0.717) is 32.1 Å². The van der Waals surface area contributed by atoms with E-state index >= 15 is 0 Å². The Hall–Kier alpha value is -2.05. The van der Waals surface area contributed by atoms with Gasteiger partial charge in [0.15, 0.2) is 5.78 Å². The first-order valence-electron chi connectivity index (χ1n) is 9.00. The molecular formula is C19H24N4O2. The summed E-state index contributed by atoms with van der Waals surface area (Å²) in [6, 6.07) is 9.57. The molecule has 1 saturated heterocycles. The number of hydrogen-bond acceptors (Lipinski definition) is 5. The Morgan fingerprint density at radius 1 is 1.24 bits per heavy atom. The maximum atomic E-state index is 12.6. The van der Waals surface area contributed by atoms with Crippen molar-refractivity contribution in [1.82, 2.24) is 19.7 Å². The van der Waals surface area contributed by atoms with Gasteiger partial charge in [0, 0.05) is 37.5 Å². The summed E-state index contributed by atoms with van der Waals surface area (Å²) in [6.45, 7) is 2.82. The number of carbonyl (C=O) groups is 1. The molecule has 2 heterocycles. The molecule has 2 fully saturated rings. The average Bonchev–Trinajstić information content (AvgIpc) is 3.42. The summed E-state index contributed by atoms with van der Waals surface area (Å²) >= 11 is 0. The molecule has 25 heavy (non-hydrogen) atoms. The van der Waals surface area contributed by atoms with E-state index in [1.165, 1.54) is 12.8 Å². The Morgan fingerprint density at radius 2 is 2.04 bits per heavy atom. The van der Waals surface area contributed by atoms with Gasteiger partial charge >= 0.3 is 0 Å². The molecule has 0 bridgehead atoms. The molecule has 132 valence electrons. The second kappa shape index (κ2) is 7.06. The van der Waals surface area contributed by atoms with Crippen LogP contribution in [-0.2, 0) is 18.3 Å². The minimum absolute atomic E-state index is 0.0857. The molecule has 0 N–H and O–H groups in total. The van der Waals surface area contributed by atoms with Gasteiger partial charge in [-0.05, 0) is 12.8 Å². The predicted octanol–water partition coefficient (Wildman–Crippen LogP) is 2.17. The van der Waals surface area contributed by atoms with E-state index in [1.807, 2.05) is 37.4 Å². The highest BCUT2D eigenvalue weighted by Crippen LogP contribution is 2.38. The van der Waals surface area contributed by atoms with Crippen molar-refractivity contribution in [3.63, 3.8) is 0 Å². The van der Waals surface area contributed by atoms with Crippen LogP contribution < -0.4 is 0 Å². The van der Waals surface area contributed by atoms with Crippen LogP contribution in [0.15, 0.2) is 30.3 Å². The molecule has 0 radical (unpaired) electrons. The minimum atomic E-state index is 0.0857. The summed E-state index contributed by atoms with van der Waals surface area (Å²) in [6.07, 6.45) is 2.91. The van der Waals surface area contributed by atoms with Crippen LogP contribution in [0.5, 0.6) is 0 Å². The van der Waals surface area contributed by atoms with Gasteiger partial charge in [-0.3, -0.25) is 9.69 Å². The van der Waals surface area contributed by atoms with Crippen molar-refractivity contribution in [2.75, 3.05) is 19.8 Å². The first-order valence-corrected chi connectivity index (χ1v) is 9.00. The second-order valence-corrected chi connectivity index (χ2v) is 7.00. The summed E-state index contributed by atoms with van der Waals surface area (Å²) in [5, 5.41) is 8.75. The van der Waals surface area contributed by atoms with Crippen LogP contribution in [0.25, 0.3) is 0 Å². The predicted molar refractivity (Wildman–Crippen MR) is 93.4 cm³/mol. The zero-order valence-corrected chi connectivity index (χ0v) is 14.6. The molecule has 0 unspecified atom stereocenters. The number of morpholine rings is 1. The fraction of sp³-hybridized carbons (Fsp3) is 0.526. The highest BCUT2D eigenvalue weighted by molar-refractivity contribution is 5.96. The third-order valence-electron chi connectivity index (χ3n) is 5.15. The van der Waals surface area contributed by atoms with Gasteiger partial charge in [-0.1, -0.05) is 30.3 Å². The van der Waals surface area contributed by atoms with Crippen LogP contribution in [0.3, 0.4) is 0 Å². The number of ether oxygens (including phenoxy) is 1. The third-order valence-corrected chi connectivity index (χ3v) is 5.15. The second-order valence-electron chi connectivity index (χ2n) is 7.00. The van der Waals surface area contributed by atoms with Crippen molar-refractivity contribution in [3.8, 4) is 0 Å². The number of nitrogens with zero attached hydrogens (tertiary/aromatic N) is 4. The smallest absolute Gasteiger partial charge is 0.164 e. The molecule has 2 aliphatic rings. The van der Waals surface area contributed by atoms with Crippen LogP contribution in [0.2, 0.25) is 0 Å². The Bertz CT molecular complexity index is 739. The first kappa shape index (κ1) is 16.4. The van der Waals surface area contributed by atoms with E-state index in [0.717, 1.165) is 23.8 Å². The molecule has 1 aromatic carbocycles. The van der Waals surface area contributed by atoms with Crippen LogP contribution in [0.1, 0.15) is 47.2 Å². The fourth-order valence-electron chi connectivity index (χ4n) is 3.43. The lowest BCUT2D eigenvalue weighted by Crippen LogP contribution is -2.46. The van der Waals surface area contributed by atoms with Crippen molar-refractivity contribution in [3.05, 3.63) is 47.5 Å². The normalized spacial score (nSPS) is 21.4.